The van der Waals surface area contributed by atoms with Gasteiger partial charge in [-0.05, 0) is 24.1 Å². The molecule has 2 amide bonds. The van der Waals surface area contributed by atoms with Crippen LogP contribution in [0.2, 0.25) is 0 Å². The highest BCUT2D eigenvalue weighted by Crippen LogP contribution is 2.13. The van der Waals surface area contributed by atoms with Crippen molar-refractivity contribution in [3.63, 3.8) is 0 Å². The predicted molar refractivity (Wildman–Crippen MR) is 109 cm³/mol. The number of esters is 1. The molecule has 2 N–H and O–H groups in total. The third kappa shape index (κ3) is 7.82. The molecule has 0 saturated heterocycles. The summed E-state index contributed by atoms with van der Waals surface area (Å²) in [5, 5.41) is 15.0. The molecule has 0 atom stereocenters. The third-order valence-corrected chi connectivity index (χ3v) is 4.88. The quantitative estimate of drug-likeness (QED) is 0.426. The standard InChI is InChI=1S/C20H24N4O4S/c1-3-16(25)21-12-15-8-6-5-7-14(15)11-17(26)22-13-19-24-23-18(29-19)9-10-20(27)28-4-2/h3,5-8H,1,4,9-13H2,2H3,(H,21,25)(H,22,26). The highest BCUT2D eigenvalue weighted by molar-refractivity contribution is 7.11. The maximum atomic E-state index is 12.3. The molecular weight excluding hydrogens is 392 g/mol. The monoisotopic (exact) mass is 416 g/mol. The Morgan fingerprint density at radius 1 is 1.10 bits per heavy atom. The summed E-state index contributed by atoms with van der Waals surface area (Å²) in [5.74, 6) is -0.685. The van der Waals surface area contributed by atoms with Crippen molar-refractivity contribution in [1.29, 1.82) is 0 Å². The van der Waals surface area contributed by atoms with Gasteiger partial charge in [-0.3, -0.25) is 14.4 Å². The van der Waals surface area contributed by atoms with Gasteiger partial charge in [0.2, 0.25) is 11.8 Å². The zero-order valence-corrected chi connectivity index (χ0v) is 17.1. The van der Waals surface area contributed by atoms with Gasteiger partial charge in [-0.25, -0.2) is 0 Å². The van der Waals surface area contributed by atoms with Crippen molar-refractivity contribution in [1.82, 2.24) is 20.8 Å². The number of carbonyl (C=O) groups excluding carboxylic acids is 3. The number of carbonyl (C=O) groups is 3. The van der Waals surface area contributed by atoms with Crippen LogP contribution in [0.5, 0.6) is 0 Å². The zero-order chi connectivity index (χ0) is 21.1. The Kier molecular flexibility index (Phi) is 8.97. The SMILES string of the molecule is C=CC(=O)NCc1ccccc1CC(=O)NCc1nnc(CCC(=O)OCC)s1. The van der Waals surface area contributed by atoms with Crippen LogP contribution in [0.25, 0.3) is 0 Å². The first kappa shape index (κ1) is 22.2. The average Bonchev–Trinajstić information content (AvgIpc) is 3.18. The van der Waals surface area contributed by atoms with Gasteiger partial charge in [0.25, 0.3) is 0 Å². The molecule has 1 heterocycles. The second-order valence-electron chi connectivity index (χ2n) is 6.04. The Bertz CT molecular complexity index is 866. The smallest absolute Gasteiger partial charge is 0.306 e. The molecule has 0 unspecified atom stereocenters. The van der Waals surface area contributed by atoms with Gasteiger partial charge in [-0.15, -0.1) is 10.2 Å². The van der Waals surface area contributed by atoms with Gasteiger partial charge in [0.15, 0.2) is 0 Å². The fraction of sp³-hybridized carbons (Fsp3) is 0.350. The number of rotatable bonds is 11. The second-order valence-corrected chi connectivity index (χ2v) is 7.19. The molecule has 0 fully saturated rings. The number of benzene rings is 1. The third-order valence-electron chi connectivity index (χ3n) is 3.90. The summed E-state index contributed by atoms with van der Waals surface area (Å²) in [7, 11) is 0. The van der Waals surface area contributed by atoms with Crippen LogP contribution in [0.3, 0.4) is 0 Å². The van der Waals surface area contributed by atoms with Crippen LogP contribution < -0.4 is 10.6 Å². The number of aromatic nitrogens is 2. The van der Waals surface area contributed by atoms with Crippen molar-refractivity contribution < 1.29 is 19.1 Å². The fourth-order valence-corrected chi connectivity index (χ4v) is 3.25. The number of aryl methyl sites for hydroxylation is 1. The number of amides is 2. The lowest BCUT2D eigenvalue weighted by Gasteiger charge is -2.10. The predicted octanol–water partition coefficient (Wildman–Crippen LogP) is 1.69. The van der Waals surface area contributed by atoms with Crippen LogP contribution in [0, 0.1) is 0 Å². The van der Waals surface area contributed by atoms with Gasteiger partial charge in [0, 0.05) is 13.0 Å². The zero-order valence-electron chi connectivity index (χ0n) is 16.3. The largest absolute Gasteiger partial charge is 0.466 e. The number of hydrogen-bond acceptors (Lipinski definition) is 7. The molecule has 8 nitrogen and oxygen atoms in total. The normalized spacial score (nSPS) is 10.2. The van der Waals surface area contributed by atoms with Crippen LogP contribution in [0.1, 0.15) is 34.5 Å². The van der Waals surface area contributed by atoms with Crippen LogP contribution in [0.15, 0.2) is 36.9 Å². The first-order chi connectivity index (χ1) is 14.0. The van der Waals surface area contributed by atoms with E-state index in [0.717, 1.165) is 16.1 Å². The van der Waals surface area contributed by atoms with E-state index in [1.165, 1.54) is 17.4 Å². The summed E-state index contributed by atoms with van der Waals surface area (Å²) in [6.07, 6.45) is 2.12. The van der Waals surface area contributed by atoms with E-state index in [1.54, 1.807) is 6.92 Å². The van der Waals surface area contributed by atoms with Gasteiger partial charge in [0.1, 0.15) is 10.0 Å². The van der Waals surface area contributed by atoms with Crippen molar-refractivity contribution in [2.24, 2.45) is 0 Å². The van der Waals surface area contributed by atoms with Crippen molar-refractivity contribution >= 4 is 29.1 Å². The molecule has 0 radical (unpaired) electrons. The topological polar surface area (TPSA) is 110 Å². The van der Waals surface area contributed by atoms with E-state index < -0.39 is 0 Å². The molecule has 2 rings (SSSR count). The summed E-state index contributed by atoms with van der Waals surface area (Å²) in [6.45, 7) is 6.14. The Labute approximate surface area is 173 Å². The summed E-state index contributed by atoms with van der Waals surface area (Å²) in [6, 6.07) is 7.43. The van der Waals surface area contributed by atoms with E-state index in [4.69, 9.17) is 4.74 Å². The number of ether oxygens (including phenoxy) is 1. The Hall–Kier alpha value is -3.07. The molecule has 9 heteroatoms. The van der Waals surface area contributed by atoms with E-state index in [9.17, 15) is 14.4 Å². The van der Waals surface area contributed by atoms with Crippen molar-refractivity contribution in [2.75, 3.05) is 6.61 Å². The molecule has 1 aromatic carbocycles. The molecule has 0 spiro atoms. The minimum Gasteiger partial charge on any atom is -0.466 e. The van der Waals surface area contributed by atoms with Gasteiger partial charge < -0.3 is 15.4 Å². The lowest BCUT2D eigenvalue weighted by Crippen LogP contribution is -2.26. The summed E-state index contributed by atoms with van der Waals surface area (Å²) in [4.78, 5) is 35.0. The molecule has 2 aromatic rings. The highest BCUT2D eigenvalue weighted by Gasteiger charge is 2.11. The van der Waals surface area contributed by atoms with E-state index >= 15 is 0 Å². The molecule has 0 aliphatic heterocycles. The number of hydrogen-bond donors (Lipinski definition) is 2. The molecule has 0 aliphatic carbocycles. The molecule has 0 aliphatic rings. The fourth-order valence-electron chi connectivity index (χ4n) is 2.47. The van der Waals surface area contributed by atoms with E-state index in [0.29, 0.717) is 24.6 Å². The van der Waals surface area contributed by atoms with Gasteiger partial charge in [-0.2, -0.15) is 0 Å². The van der Waals surface area contributed by atoms with Crippen LogP contribution in [-0.4, -0.2) is 34.6 Å². The molecule has 0 bridgehead atoms. The summed E-state index contributed by atoms with van der Waals surface area (Å²) in [5.41, 5.74) is 1.71. The van der Waals surface area contributed by atoms with Gasteiger partial charge in [0.05, 0.1) is 26.0 Å². The van der Waals surface area contributed by atoms with Crippen LogP contribution in [0.4, 0.5) is 0 Å². The van der Waals surface area contributed by atoms with E-state index in [1.807, 2.05) is 24.3 Å². The number of nitrogens with one attached hydrogen (secondary N) is 2. The lowest BCUT2D eigenvalue weighted by molar-refractivity contribution is -0.143. The Balaban J connectivity index is 1.82. The first-order valence-electron chi connectivity index (χ1n) is 9.22. The van der Waals surface area contributed by atoms with Crippen molar-refractivity contribution in [3.05, 3.63) is 58.1 Å². The van der Waals surface area contributed by atoms with Crippen LogP contribution in [-0.2, 0) is 45.1 Å². The maximum Gasteiger partial charge on any atom is 0.306 e. The maximum absolute atomic E-state index is 12.3. The van der Waals surface area contributed by atoms with E-state index in [2.05, 4.69) is 27.4 Å². The Morgan fingerprint density at radius 3 is 2.55 bits per heavy atom. The van der Waals surface area contributed by atoms with Gasteiger partial charge in [-0.1, -0.05) is 42.2 Å². The summed E-state index contributed by atoms with van der Waals surface area (Å²) >= 11 is 1.36. The first-order valence-corrected chi connectivity index (χ1v) is 10.0. The molecule has 154 valence electrons. The minimum absolute atomic E-state index is 0.157. The van der Waals surface area contributed by atoms with Gasteiger partial charge >= 0.3 is 5.97 Å². The van der Waals surface area contributed by atoms with Crippen LogP contribution >= 0.6 is 11.3 Å². The highest BCUT2D eigenvalue weighted by atomic mass is 32.1. The minimum atomic E-state index is -0.265. The van der Waals surface area contributed by atoms with E-state index in [-0.39, 0.29) is 37.2 Å². The average molecular weight is 417 g/mol. The molecule has 0 saturated carbocycles. The molecule has 1 aromatic heterocycles. The second kappa shape index (κ2) is 11.7. The molecule has 29 heavy (non-hydrogen) atoms. The molecular formula is C20H24N4O4S. The van der Waals surface area contributed by atoms with Crippen molar-refractivity contribution in [2.45, 2.75) is 39.3 Å². The Morgan fingerprint density at radius 2 is 1.83 bits per heavy atom. The number of nitrogens with zero attached hydrogens (tertiary/aromatic N) is 2. The summed E-state index contributed by atoms with van der Waals surface area (Å²) < 4.78 is 4.88. The lowest BCUT2D eigenvalue weighted by atomic mass is 10.0. The van der Waals surface area contributed by atoms with Crippen molar-refractivity contribution in [3.8, 4) is 0 Å².